The van der Waals surface area contributed by atoms with Gasteiger partial charge in [-0.05, 0) is 66.3 Å². The van der Waals surface area contributed by atoms with Crippen LogP contribution in [0.2, 0.25) is 0 Å². The van der Waals surface area contributed by atoms with Gasteiger partial charge in [0.05, 0.1) is 21.3 Å². The molecule has 4 amide bonds. The van der Waals surface area contributed by atoms with Gasteiger partial charge in [-0.15, -0.1) is 0 Å². The predicted molar refractivity (Wildman–Crippen MR) is 164 cm³/mol. The number of rotatable bonds is 10. The Morgan fingerprint density at radius 1 is 0.773 bits per heavy atom. The molecule has 0 spiro atoms. The van der Waals surface area contributed by atoms with Gasteiger partial charge in [0.15, 0.2) is 23.0 Å². The minimum atomic E-state index is -1.54. The molecule has 0 bridgehead atoms. The normalized spacial score (nSPS) is 18.2. The third-order valence-corrected chi connectivity index (χ3v) is 8.76. The lowest BCUT2D eigenvalue weighted by Crippen LogP contribution is -2.67. The SMILES string of the molecule is COc1cc2c(cc1OC)C(C)N(CC1(Cc3ccc(OCc4ccccc4)c(OC)c3)C(=O)N(C)C(=O)N(C)C1=O)CC2. The molecule has 0 aliphatic carbocycles. The molecule has 0 aromatic heterocycles. The number of hydrogen-bond acceptors (Lipinski definition) is 8. The fourth-order valence-corrected chi connectivity index (χ4v) is 6.26. The minimum Gasteiger partial charge on any atom is -0.493 e. The molecule has 5 rings (SSSR count). The van der Waals surface area contributed by atoms with Crippen LogP contribution < -0.4 is 18.9 Å². The number of nitrogens with zero attached hydrogens (tertiary/aromatic N) is 3. The summed E-state index contributed by atoms with van der Waals surface area (Å²) in [7, 11) is 7.61. The Balaban J connectivity index is 1.48. The van der Waals surface area contributed by atoms with Gasteiger partial charge in [0.2, 0.25) is 11.8 Å². The van der Waals surface area contributed by atoms with E-state index >= 15 is 0 Å². The van der Waals surface area contributed by atoms with E-state index in [-0.39, 0.29) is 19.0 Å². The molecule has 10 heteroatoms. The number of carbonyl (C=O) groups is 3. The van der Waals surface area contributed by atoms with Crippen molar-refractivity contribution in [3.05, 3.63) is 82.9 Å². The highest BCUT2D eigenvalue weighted by molar-refractivity contribution is 6.19. The smallest absolute Gasteiger partial charge is 0.332 e. The maximum Gasteiger partial charge on any atom is 0.332 e. The Labute approximate surface area is 258 Å². The number of benzene rings is 3. The maximum atomic E-state index is 14.0. The molecule has 3 aromatic rings. The zero-order valence-corrected chi connectivity index (χ0v) is 26.1. The van der Waals surface area contributed by atoms with Crippen LogP contribution in [0.1, 0.15) is 35.2 Å². The van der Waals surface area contributed by atoms with Crippen LogP contribution in [-0.4, -0.2) is 81.1 Å². The van der Waals surface area contributed by atoms with Crippen molar-refractivity contribution >= 4 is 17.8 Å². The Hall–Kier alpha value is -4.57. The molecule has 2 aliphatic heterocycles. The highest BCUT2D eigenvalue weighted by atomic mass is 16.5. The number of carbonyl (C=O) groups excluding carboxylic acids is 3. The summed E-state index contributed by atoms with van der Waals surface area (Å²) in [5.74, 6) is 1.26. The van der Waals surface area contributed by atoms with Gasteiger partial charge in [-0.3, -0.25) is 24.3 Å². The Morgan fingerprint density at radius 2 is 1.39 bits per heavy atom. The van der Waals surface area contributed by atoms with Gasteiger partial charge < -0.3 is 18.9 Å². The number of ether oxygens (including phenoxy) is 4. The van der Waals surface area contributed by atoms with E-state index in [0.717, 1.165) is 26.5 Å². The number of hydrogen-bond donors (Lipinski definition) is 0. The Bertz CT molecular complexity index is 1530. The molecule has 232 valence electrons. The van der Waals surface area contributed by atoms with Crippen LogP contribution in [0, 0.1) is 5.41 Å². The van der Waals surface area contributed by atoms with Crippen molar-refractivity contribution < 1.29 is 33.3 Å². The zero-order valence-electron chi connectivity index (χ0n) is 26.1. The molecular weight excluding hydrogens is 562 g/mol. The third-order valence-electron chi connectivity index (χ3n) is 8.76. The second-order valence-electron chi connectivity index (χ2n) is 11.3. The number of barbiturate groups is 1. The van der Waals surface area contributed by atoms with E-state index in [1.165, 1.54) is 14.1 Å². The van der Waals surface area contributed by atoms with Crippen molar-refractivity contribution in [1.29, 1.82) is 0 Å². The molecule has 0 saturated carbocycles. The molecule has 2 heterocycles. The summed E-state index contributed by atoms with van der Waals surface area (Å²) in [5, 5.41) is 0. The van der Waals surface area contributed by atoms with Gasteiger partial charge >= 0.3 is 6.03 Å². The topological polar surface area (TPSA) is 97.8 Å². The van der Waals surface area contributed by atoms with Crippen molar-refractivity contribution in [3.63, 3.8) is 0 Å². The lowest BCUT2D eigenvalue weighted by molar-refractivity contribution is -0.159. The molecule has 44 heavy (non-hydrogen) atoms. The summed E-state index contributed by atoms with van der Waals surface area (Å²) in [5.41, 5.74) is 2.35. The molecule has 1 fully saturated rings. The molecule has 1 atom stereocenters. The van der Waals surface area contributed by atoms with Gasteiger partial charge in [-0.1, -0.05) is 36.4 Å². The highest BCUT2D eigenvalue weighted by Crippen LogP contribution is 2.42. The highest BCUT2D eigenvalue weighted by Gasteiger charge is 2.56. The molecule has 10 nitrogen and oxygen atoms in total. The van der Waals surface area contributed by atoms with Gasteiger partial charge in [0, 0.05) is 33.2 Å². The summed E-state index contributed by atoms with van der Waals surface area (Å²) in [4.78, 5) is 45.1. The monoisotopic (exact) mass is 601 g/mol. The van der Waals surface area contributed by atoms with Crippen molar-refractivity contribution in [3.8, 4) is 23.0 Å². The van der Waals surface area contributed by atoms with Gasteiger partial charge in [-0.25, -0.2) is 4.79 Å². The average Bonchev–Trinajstić information content (AvgIpc) is 3.06. The van der Waals surface area contributed by atoms with Gasteiger partial charge in [0.1, 0.15) is 12.0 Å². The summed E-state index contributed by atoms with van der Waals surface area (Å²) >= 11 is 0. The zero-order chi connectivity index (χ0) is 31.6. The van der Waals surface area contributed by atoms with Crippen LogP contribution in [0.15, 0.2) is 60.7 Å². The summed E-state index contributed by atoms with van der Waals surface area (Å²) in [6, 6.07) is 18.4. The number of urea groups is 1. The van der Waals surface area contributed by atoms with E-state index in [0.29, 0.717) is 48.1 Å². The predicted octanol–water partition coefficient (Wildman–Crippen LogP) is 4.49. The first kappa shape index (κ1) is 30.9. The molecule has 3 aromatic carbocycles. The van der Waals surface area contributed by atoms with Crippen molar-refractivity contribution in [2.45, 2.75) is 32.4 Å². The van der Waals surface area contributed by atoms with Crippen LogP contribution >= 0.6 is 0 Å². The summed E-state index contributed by atoms with van der Waals surface area (Å²) < 4.78 is 22.7. The second kappa shape index (κ2) is 12.6. The molecule has 2 aliphatic rings. The van der Waals surface area contributed by atoms with E-state index in [4.69, 9.17) is 18.9 Å². The molecule has 1 unspecified atom stereocenters. The Kier molecular flexibility index (Phi) is 8.82. The average molecular weight is 602 g/mol. The van der Waals surface area contributed by atoms with Crippen LogP contribution in [0.3, 0.4) is 0 Å². The molecule has 1 saturated heterocycles. The Morgan fingerprint density at radius 3 is 2.02 bits per heavy atom. The third kappa shape index (κ3) is 5.57. The van der Waals surface area contributed by atoms with E-state index in [2.05, 4.69) is 11.8 Å². The largest absolute Gasteiger partial charge is 0.493 e. The van der Waals surface area contributed by atoms with Crippen molar-refractivity contribution in [2.75, 3.05) is 48.5 Å². The van der Waals surface area contributed by atoms with Crippen molar-refractivity contribution in [1.82, 2.24) is 14.7 Å². The van der Waals surface area contributed by atoms with E-state index < -0.39 is 23.3 Å². The summed E-state index contributed by atoms with van der Waals surface area (Å²) in [6.07, 6.45) is 0.772. The first-order valence-corrected chi connectivity index (χ1v) is 14.6. The lowest BCUT2D eigenvalue weighted by Gasteiger charge is -2.46. The number of fused-ring (bicyclic) bond motifs is 1. The van der Waals surface area contributed by atoms with E-state index in [9.17, 15) is 14.4 Å². The fourth-order valence-electron chi connectivity index (χ4n) is 6.26. The van der Waals surface area contributed by atoms with Crippen molar-refractivity contribution in [2.24, 2.45) is 5.41 Å². The van der Waals surface area contributed by atoms with Crippen LogP contribution in [-0.2, 0) is 29.0 Å². The maximum absolute atomic E-state index is 14.0. The first-order chi connectivity index (χ1) is 21.1. The van der Waals surface area contributed by atoms with Crippen LogP contribution in [0.4, 0.5) is 4.79 Å². The first-order valence-electron chi connectivity index (χ1n) is 14.6. The fraction of sp³-hybridized carbons (Fsp3) is 0.382. The molecule has 0 N–H and O–H groups in total. The van der Waals surface area contributed by atoms with E-state index in [1.54, 1.807) is 33.5 Å². The number of amides is 4. The lowest BCUT2D eigenvalue weighted by atomic mass is 9.76. The standard InChI is InChI=1S/C34H39N3O7/c1-22-26-18-30(43-6)29(42-5)17-25(26)14-15-37(22)21-34(31(38)35(2)33(40)36(3)32(34)39)19-24-12-13-27(28(16-24)41-4)44-20-23-10-8-7-9-11-23/h7-13,16-18,22H,14-15,19-21H2,1-6H3. The molecular formula is C34H39N3O7. The van der Waals surface area contributed by atoms with Gasteiger partial charge in [0.25, 0.3) is 0 Å². The van der Waals surface area contributed by atoms with Crippen LogP contribution in [0.25, 0.3) is 0 Å². The van der Waals surface area contributed by atoms with Crippen LogP contribution in [0.5, 0.6) is 23.0 Å². The molecule has 0 radical (unpaired) electrons. The summed E-state index contributed by atoms with van der Waals surface area (Å²) in [6.45, 7) is 3.15. The number of methoxy groups -OCH3 is 3. The quantitative estimate of drug-likeness (QED) is 0.314. The van der Waals surface area contributed by atoms with Gasteiger partial charge in [-0.2, -0.15) is 0 Å². The second-order valence-corrected chi connectivity index (χ2v) is 11.3. The van der Waals surface area contributed by atoms with E-state index in [1.807, 2.05) is 48.5 Å². The number of imide groups is 2. The minimum absolute atomic E-state index is 0.0734.